The van der Waals surface area contributed by atoms with Crippen LogP contribution in [-0.2, 0) is 6.54 Å². The van der Waals surface area contributed by atoms with Crippen LogP contribution in [0.5, 0.6) is 0 Å². The second kappa shape index (κ2) is 7.22. The van der Waals surface area contributed by atoms with Crippen molar-refractivity contribution in [2.24, 2.45) is 0 Å². The van der Waals surface area contributed by atoms with Gasteiger partial charge < -0.3 is 9.55 Å². The Kier molecular flexibility index (Phi) is 5.32. The summed E-state index contributed by atoms with van der Waals surface area (Å²) >= 11 is 1.49. The van der Waals surface area contributed by atoms with Crippen LogP contribution in [0, 0.1) is 19.3 Å². The highest BCUT2D eigenvalue weighted by atomic mass is 32.2. The number of nitrogens with one attached hydrogen (secondary N) is 2. The van der Waals surface area contributed by atoms with Crippen LogP contribution >= 0.6 is 11.8 Å². The number of thioether (sulfide) groups is 1. The molecule has 0 saturated carbocycles. The van der Waals surface area contributed by atoms with Gasteiger partial charge in [-0.2, -0.15) is 0 Å². The summed E-state index contributed by atoms with van der Waals surface area (Å²) in [5.41, 5.74) is 3.83. The number of H-pyrrole nitrogens is 1. The Hall–Kier alpha value is -2.15. The van der Waals surface area contributed by atoms with E-state index in [9.17, 15) is 0 Å². The van der Waals surface area contributed by atoms with Gasteiger partial charge in [0.1, 0.15) is 5.49 Å². The predicted octanol–water partition coefficient (Wildman–Crippen LogP) is 2.63. The highest BCUT2D eigenvalue weighted by Gasteiger charge is 2.04. The number of imidazole rings is 1. The number of aryl methyl sites for hydroxylation is 3. The van der Waals surface area contributed by atoms with E-state index in [0.29, 0.717) is 17.2 Å². The molecule has 0 saturated heterocycles. The second-order valence-corrected chi connectivity index (χ2v) is 5.54. The van der Waals surface area contributed by atoms with Crippen LogP contribution in [0.4, 0.5) is 0 Å². The van der Waals surface area contributed by atoms with Gasteiger partial charge in [-0.15, -0.1) is 0 Å². The van der Waals surface area contributed by atoms with Crippen molar-refractivity contribution < 1.29 is 0 Å². The number of aromatic amines is 1. The van der Waals surface area contributed by atoms with Gasteiger partial charge >= 0.3 is 0 Å². The lowest BCUT2D eigenvalue weighted by molar-refractivity contribution is 0.684. The van der Waals surface area contributed by atoms with E-state index < -0.39 is 0 Å². The molecule has 7 heteroatoms. The summed E-state index contributed by atoms with van der Waals surface area (Å²) in [5, 5.41) is 9.20. The maximum atomic E-state index is 8.51. The van der Waals surface area contributed by atoms with E-state index in [0.717, 1.165) is 22.5 Å². The Morgan fingerprint density at radius 3 is 2.73 bits per heavy atom. The molecule has 0 aromatic carbocycles. The molecule has 0 aliphatic carbocycles. The molecule has 0 radical (unpaired) electrons. The summed E-state index contributed by atoms with van der Waals surface area (Å²) in [7, 11) is 0. The molecule has 0 aliphatic heterocycles. The summed E-state index contributed by atoms with van der Waals surface area (Å²) in [6, 6.07) is 1.97. The number of hydrogen-bond donors (Lipinski definition) is 2. The number of aromatic nitrogens is 5. The third-order valence-electron chi connectivity index (χ3n) is 3.36. The van der Waals surface area contributed by atoms with Crippen molar-refractivity contribution in [1.82, 2.24) is 24.5 Å². The third-order valence-corrected chi connectivity index (χ3v) is 3.92. The molecule has 2 aromatic rings. The van der Waals surface area contributed by atoms with Crippen LogP contribution in [0.3, 0.4) is 0 Å². The molecule has 0 spiro atoms. The molecule has 116 valence electrons. The van der Waals surface area contributed by atoms with Gasteiger partial charge in [-0.1, -0.05) is 11.8 Å². The fourth-order valence-electron chi connectivity index (χ4n) is 1.93. The highest BCUT2D eigenvalue weighted by Crippen LogP contribution is 2.13. The molecule has 0 fully saturated rings. The molecule has 0 aliphatic rings. The smallest absolute Gasteiger partial charge is 0.188 e. The minimum Gasteiger partial charge on any atom is -0.345 e. The monoisotopic (exact) mass is 316 g/mol. The van der Waals surface area contributed by atoms with Gasteiger partial charge in [0, 0.05) is 17.8 Å². The zero-order chi connectivity index (χ0) is 16.1. The average Bonchev–Trinajstić information content (AvgIpc) is 3.04. The van der Waals surface area contributed by atoms with E-state index in [4.69, 9.17) is 5.41 Å². The quantitative estimate of drug-likeness (QED) is 0.853. The zero-order valence-electron chi connectivity index (χ0n) is 13.2. The SMILES string of the molecule is CCn1cnc(SC)nc(C)c(C)cc(-c2cnc[nH]2)c1=N. The fourth-order valence-corrected chi connectivity index (χ4v) is 2.31. The van der Waals surface area contributed by atoms with Crippen molar-refractivity contribution in [3.05, 3.63) is 41.7 Å². The van der Waals surface area contributed by atoms with Crippen molar-refractivity contribution in [3.8, 4) is 11.3 Å². The van der Waals surface area contributed by atoms with Crippen LogP contribution in [0.2, 0.25) is 0 Å². The standard InChI is InChI=1S/C15H20N6S/c1-5-21-9-19-15(22-4)20-11(3)10(2)6-12(14(21)16)13-7-17-8-18-13/h6-9,16H,5H2,1-4H3,(H,17,18). The van der Waals surface area contributed by atoms with Crippen molar-refractivity contribution in [2.45, 2.75) is 32.5 Å². The van der Waals surface area contributed by atoms with E-state index in [1.165, 1.54) is 11.8 Å². The molecule has 0 bridgehead atoms. The van der Waals surface area contributed by atoms with E-state index in [1.54, 1.807) is 23.4 Å². The average molecular weight is 316 g/mol. The first-order valence-electron chi connectivity index (χ1n) is 6.97. The summed E-state index contributed by atoms with van der Waals surface area (Å²) in [4.78, 5) is 16.1. The topological polar surface area (TPSA) is 83.2 Å². The largest absolute Gasteiger partial charge is 0.345 e. The first kappa shape index (κ1) is 16.2. The minimum atomic E-state index is 0.380. The minimum absolute atomic E-state index is 0.380. The molecule has 2 heterocycles. The second-order valence-electron chi connectivity index (χ2n) is 4.77. The lowest BCUT2D eigenvalue weighted by atomic mass is 10.1. The van der Waals surface area contributed by atoms with Crippen molar-refractivity contribution >= 4 is 11.8 Å². The molecule has 0 atom stereocenters. The summed E-state index contributed by atoms with van der Waals surface area (Å²) < 4.78 is 1.78. The fraction of sp³-hybridized carbons (Fsp3) is 0.333. The third kappa shape index (κ3) is 3.54. The van der Waals surface area contributed by atoms with Crippen LogP contribution in [0.1, 0.15) is 18.2 Å². The molecule has 6 nitrogen and oxygen atoms in total. The Balaban J connectivity index is 2.90. The molecule has 22 heavy (non-hydrogen) atoms. The lowest BCUT2D eigenvalue weighted by Gasteiger charge is -2.05. The first-order valence-corrected chi connectivity index (χ1v) is 8.19. The Bertz CT molecular complexity index is 762. The zero-order valence-corrected chi connectivity index (χ0v) is 14.0. The van der Waals surface area contributed by atoms with Gasteiger partial charge in [0.25, 0.3) is 0 Å². The van der Waals surface area contributed by atoms with Gasteiger partial charge in [0.15, 0.2) is 5.16 Å². The van der Waals surface area contributed by atoms with Crippen LogP contribution in [0.15, 0.2) is 30.1 Å². The molecule has 2 aromatic heterocycles. The van der Waals surface area contributed by atoms with Gasteiger partial charge in [0.2, 0.25) is 0 Å². The van der Waals surface area contributed by atoms with Crippen molar-refractivity contribution in [2.75, 3.05) is 6.26 Å². The van der Waals surface area contributed by atoms with Crippen LogP contribution in [0.25, 0.3) is 11.3 Å². The maximum Gasteiger partial charge on any atom is 0.188 e. The number of hydrogen-bond acceptors (Lipinski definition) is 5. The molecule has 2 rings (SSSR count). The van der Waals surface area contributed by atoms with Gasteiger partial charge in [-0.05, 0) is 38.7 Å². The lowest BCUT2D eigenvalue weighted by Crippen LogP contribution is -2.19. The maximum absolute atomic E-state index is 8.51. The highest BCUT2D eigenvalue weighted by molar-refractivity contribution is 7.98. The molecular formula is C15H20N6S. The number of rotatable bonds is 3. The van der Waals surface area contributed by atoms with Crippen LogP contribution in [-0.4, -0.2) is 30.8 Å². The Labute approximate surface area is 133 Å². The summed E-state index contributed by atoms with van der Waals surface area (Å²) in [5.74, 6) is 0. The molecular weight excluding hydrogens is 296 g/mol. The molecule has 0 amide bonds. The Morgan fingerprint density at radius 2 is 2.14 bits per heavy atom. The van der Waals surface area contributed by atoms with E-state index in [2.05, 4.69) is 19.9 Å². The van der Waals surface area contributed by atoms with E-state index in [-0.39, 0.29) is 0 Å². The predicted molar refractivity (Wildman–Crippen MR) is 88.0 cm³/mol. The van der Waals surface area contributed by atoms with Gasteiger partial charge in [-0.3, -0.25) is 5.41 Å². The van der Waals surface area contributed by atoms with Crippen molar-refractivity contribution in [1.29, 1.82) is 5.41 Å². The normalized spacial score (nSPS) is 10.4. The first-order chi connectivity index (χ1) is 10.6. The van der Waals surface area contributed by atoms with Gasteiger partial charge in [-0.25, -0.2) is 15.0 Å². The van der Waals surface area contributed by atoms with E-state index in [1.807, 2.05) is 33.1 Å². The van der Waals surface area contributed by atoms with Crippen molar-refractivity contribution in [3.63, 3.8) is 0 Å². The van der Waals surface area contributed by atoms with E-state index >= 15 is 0 Å². The summed E-state index contributed by atoms with van der Waals surface area (Å²) in [6.45, 7) is 6.57. The summed E-state index contributed by atoms with van der Waals surface area (Å²) in [6.07, 6.45) is 6.94. The van der Waals surface area contributed by atoms with Gasteiger partial charge in [0.05, 0.1) is 24.5 Å². The van der Waals surface area contributed by atoms with Crippen LogP contribution < -0.4 is 5.49 Å². The molecule has 0 unspecified atom stereocenters. The molecule has 2 N–H and O–H groups in total. The Morgan fingerprint density at radius 1 is 1.36 bits per heavy atom. The number of nitrogens with zero attached hydrogens (tertiary/aromatic N) is 4.